The molecule has 32 heavy (non-hydrogen) atoms. The molecule has 1 heterocycles. The lowest BCUT2D eigenvalue weighted by Crippen LogP contribution is -2.20. The second-order valence-electron chi connectivity index (χ2n) is 6.59. The van der Waals surface area contributed by atoms with Crippen LogP contribution in [0.2, 0.25) is 5.02 Å². The summed E-state index contributed by atoms with van der Waals surface area (Å²) in [6.07, 6.45) is 0.991. The van der Waals surface area contributed by atoms with E-state index in [1.165, 1.54) is 24.3 Å². The van der Waals surface area contributed by atoms with E-state index in [-0.39, 0.29) is 21.7 Å². The van der Waals surface area contributed by atoms with Crippen molar-refractivity contribution in [3.63, 3.8) is 0 Å². The number of rotatable bonds is 8. The van der Waals surface area contributed by atoms with Crippen LogP contribution in [0.5, 0.6) is 5.75 Å². The van der Waals surface area contributed by atoms with Crippen LogP contribution >= 0.6 is 23.4 Å². The van der Waals surface area contributed by atoms with Crippen molar-refractivity contribution in [2.24, 2.45) is 0 Å². The maximum Gasteiger partial charge on any atom is 0.270 e. The van der Waals surface area contributed by atoms with Crippen molar-refractivity contribution >= 4 is 44.8 Å². The minimum Gasteiger partial charge on any atom is -0.494 e. The Morgan fingerprint density at radius 2 is 1.94 bits per heavy atom. The van der Waals surface area contributed by atoms with Crippen molar-refractivity contribution in [2.45, 2.75) is 28.8 Å². The van der Waals surface area contributed by atoms with Crippen molar-refractivity contribution < 1.29 is 17.9 Å². The van der Waals surface area contributed by atoms with E-state index in [1.807, 2.05) is 13.8 Å². The summed E-state index contributed by atoms with van der Waals surface area (Å²) in [6.45, 7) is 4.12. The van der Waals surface area contributed by atoms with E-state index in [0.29, 0.717) is 23.1 Å². The molecule has 168 valence electrons. The van der Waals surface area contributed by atoms with Crippen LogP contribution in [0.3, 0.4) is 0 Å². The van der Waals surface area contributed by atoms with Gasteiger partial charge in [-0.15, -0.1) is 0 Å². The first-order chi connectivity index (χ1) is 15.2. The Bertz CT molecular complexity index is 1290. The number of aryl methyl sites for hydroxylation is 1. The Morgan fingerprint density at radius 3 is 2.56 bits per heavy atom. The average Bonchev–Trinajstić information content (AvgIpc) is 2.75. The summed E-state index contributed by atoms with van der Waals surface area (Å²) < 4.78 is 30.8. The van der Waals surface area contributed by atoms with Crippen LogP contribution in [-0.2, 0) is 14.6 Å². The molecule has 1 amide bonds. The number of hydrogen-bond donors (Lipinski definition) is 2. The maximum atomic E-state index is 12.8. The van der Waals surface area contributed by atoms with Gasteiger partial charge in [0.2, 0.25) is 15.7 Å². The third kappa shape index (κ3) is 5.70. The quantitative estimate of drug-likeness (QED) is 0.363. The number of thioether (sulfide) groups is 1. The normalized spacial score (nSPS) is 11.2. The van der Waals surface area contributed by atoms with Gasteiger partial charge < -0.3 is 15.0 Å². The Kier molecular flexibility index (Phi) is 7.60. The molecular weight excluding hydrogens is 474 g/mol. The van der Waals surface area contributed by atoms with Gasteiger partial charge in [-0.1, -0.05) is 29.4 Å². The van der Waals surface area contributed by atoms with Gasteiger partial charge in [0, 0.05) is 10.7 Å². The highest BCUT2D eigenvalue weighted by Crippen LogP contribution is 2.22. The molecule has 0 saturated carbocycles. The number of benzene rings is 2. The zero-order chi connectivity index (χ0) is 23.3. The minimum absolute atomic E-state index is 0.0422. The predicted molar refractivity (Wildman–Crippen MR) is 123 cm³/mol. The number of nitrogens with one attached hydrogen (secondary N) is 2. The lowest BCUT2D eigenvalue weighted by molar-refractivity contribution is -0.113. The van der Waals surface area contributed by atoms with Gasteiger partial charge in [0.15, 0.2) is 10.1 Å². The van der Waals surface area contributed by atoms with Gasteiger partial charge in [-0.25, -0.2) is 13.4 Å². The molecule has 11 heteroatoms. The van der Waals surface area contributed by atoms with Crippen molar-refractivity contribution in [3.8, 4) is 5.75 Å². The summed E-state index contributed by atoms with van der Waals surface area (Å²) in [5.74, 6) is 0.152. The molecule has 0 aliphatic carbocycles. The fourth-order valence-electron chi connectivity index (χ4n) is 2.64. The molecule has 0 spiro atoms. The molecule has 0 aliphatic heterocycles. The molecule has 2 N–H and O–H groups in total. The fourth-order valence-corrected chi connectivity index (χ4v) is 4.69. The number of nitrogens with zero attached hydrogens (tertiary/aromatic N) is 1. The number of aromatic amines is 1. The molecular formula is C21H20ClN3O5S2. The molecule has 0 saturated heterocycles. The van der Waals surface area contributed by atoms with Crippen molar-refractivity contribution in [1.29, 1.82) is 0 Å². The number of carbonyl (C=O) groups is 1. The highest BCUT2D eigenvalue weighted by Gasteiger charge is 2.22. The number of amides is 1. The van der Waals surface area contributed by atoms with Gasteiger partial charge in [-0.05, 0) is 55.8 Å². The smallest absolute Gasteiger partial charge is 0.270 e. The largest absolute Gasteiger partial charge is 0.494 e. The van der Waals surface area contributed by atoms with E-state index in [1.54, 1.807) is 18.2 Å². The zero-order valence-corrected chi connectivity index (χ0v) is 19.6. The van der Waals surface area contributed by atoms with E-state index >= 15 is 0 Å². The zero-order valence-electron chi connectivity index (χ0n) is 17.2. The SMILES string of the molecule is CCOc1ccc(S(=O)(=O)c2cnc(SCC(=O)Nc3ccc(C)c(Cl)c3)[nH]c2=O)cc1. The standard InChI is InChI=1S/C21H20ClN3O5S2/c1-3-30-15-6-8-16(9-7-15)32(28,29)18-11-23-21(25-20(18)27)31-12-19(26)24-14-5-4-13(2)17(22)10-14/h4-11H,3,12H2,1-2H3,(H,24,26)(H,23,25,27). The number of hydrogen-bond acceptors (Lipinski definition) is 7. The van der Waals surface area contributed by atoms with Crippen LogP contribution in [0.25, 0.3) is 0 Å². The molecule has 1 aromatic heterocycles. The maximum absolute atomic E-state index is 12.8. The van der Waals surface area contributed by atoms with Crippen LogP contribution in [0.15, 0.2) is 68.4 Å². The van der Waals surface area contributed by atoms with E-state index in [0.717, 1.165) is 23.5 Å². The van der Waals surface area contributed by atoms with Crippen LogP contribution in [0.4, 0.5) is 5.69 Å². The lowest BCUT2D eigenvalue weighted by atomic mass is 10.2. The topological polar surface area (TPSA) is 118 Å². The third-order valence-corrected chi connectivity index (χ3v) is 7.33. The van der Waals surface area contributed by atoms with E-state index < -0.39 is 20.3 Å². The number of anilines is 1. The first-order valence-electron chi connectivity index (χ1n) is 9.46. The van der Waals surface area contributed by atoms with Crippen LogP contribution in [0.1, 0.15) is 12.5 Å². The van der Waals surface area contributed by atoms with Gasteiger partial charge >= 0.3 is 0 Å². The molecule has 0 bridgehead atoms. The van der Waals surface area contributed by atoms with Gasteiger partial charge in [0.25, 0.3) is 5.56 Å². The first kappa shape index (κ1) is 23.8. The summed E-state index contributed by atoms with van der Waals surface area (Å²) in [4.78, 5) is 30.4. The highest BCUT2D eigenvalue weighted by atomic mass is 35.5. The van der Waals surface area contributed by atoms with Gasteiger partial charge in [0.1, 0.15) is 5.75 Å². The molecule has 3 aromatic rings. The second kappa shape index (κ2) is 10.2. The van der Waals surface area contributed by atoms with Gasteiger partial charge in [0.05, 0.1) is 23.5 Å². The van der Waals surface area contributed by atoms with E-state index in [4.69, 9.17) is 16.3 Å². The first-order valence-corrected chi connectivity index (χ1v) is 12.3. The molecule has 0 unspecified atom stereocenters. The summed E-state index contributed by atoms with van der Waals surface area (Å²) >= 11 is 7.01. The molecule has 0 radical (unpaired) electrons. The summed E-state index contributed by atoms with van der Waals surface area (Å²) in [5.41, 5.74) is 0.618. The third-order valence-electron chi connectivity index (χ3n) is 4.27. The highest BCUT2D eigenvalue weighted by molar-refractivity contribution is 7.99. The number of carbonyl (C=O) groups excluding carboxylic acids is 1. The van der Waals surface area contributed by atoms with Gasteiger partial charge in [-0.2, -0.15) is 0 Å². The number of sulfone groups is 1. The van der Waals surface area contributed by atoms with E-state index in [9.17, 15) is 18.0 Å². The number of H-pyrrole nitrogens is 1. The summed E-state index contributed by atoms with van der Waals surface area (Å²) in [6, 6.07) is 10.9. The Hall–Kier alpha value is -2.82. The summed E-state index contributed by atoms with van der Waals surface area (Å²) in [7, 11) is -4.06. The number of aromatic nitrogens is 2. The molecule has 0 aliphatic rings. The number of halogens is 1. The van der Waals surface area contributed by atoms with Crippen molar-refractivity contribution in [3.05, 3.63) is 69.6 Å². The molecule has 8 nitrogen and oxygen atoms in total. The Morgan fingerprint density at radius 1 is 1.22 bits per heavy atom. The van der Waals surface area contributed by atoms with Crippen LogP contribution in [0, 0.1) is 6.92 Å². The monoisotopic (exact) mass is 493 g/mol. The van der Waals surface area contributed by atoms with Crippen LogP contribution in [-0.4, -0.2) is 36.7 Å². The van der Waals surface area contributed by atoms with Crippen molar-refractivity contribution in [2.75, 3.05) is 17.7 Å². The van der Waals surface area contributed by atoms with Crippen molar-refractivity contribution in [1.82, 2.24) is 9.97 Å². The molecule has 0 atom stereocenters. The number of ether oxygens (including phenoxy) is 1. The predicted octanol–water partition coefficient (Wildman–Crippen LogP) is 3.69. The van der Waals surface area contributed by atoms with Crippen LogP contribution < -0.4 is 15.6 Å². The Labute approximate surface area is 194 Å². The second-order valence-corrected chi connectivity index (χ2v) is 9.88. The average molecular weight is 494 g/mol. The van der Waals surface area contributed by atoms with Gasteiger partial charge in [-0.3, -0.25) is 9.59 Å². The Balaban J connectivity index is 1.68. The lowest BCUT2D eigenvalue weighted by Gasteiger charge is -2.08. The van der Waals surface area contributed by atoms with E-state index in [2.05, 4.69) is 15.3 Å². The fraction of sp³-hybridized carbons (Fsp3) is 0.190. The molecule has 3 rings (SSSR count). The summed E-state index contributed by atoms with van der Waals surface area (Å²) in [5, 5.41) is 3.35. The molecule has 0 fully saturated rings. The minimum atomic E-state index is -4.06. The molecule has 2 aromatic carbocycles.